The molecule has 0 saturated carbocycles. The molecule has 4 atom stereocenters. The third-order valence-corrected chi connectivity index (χ3v) is 3.85. The monoisotopic (exact) mass is 336 g/mol. The Labute approximate surface area is 140 Å². The number of nitrogens with zero attached hydrogens (tertiary/aromatic N) is 4. The Morgan fingerprint density at radius 3 is 2.75 bits per heavy atom. The van der Waals surface area contributed by atoms with Crippen molar-refractivity contribution in [3.63, 3.8) is 0 Å². The van der Waals surface area contributed by atoms with Gasteiger partial charge < -0.3 is 19.3 Å². The molecule has 1 aliphatic rings. The lowest BCUT2D eigenvalue weighted by Gasteiger charge is -2.23. The maximum absolute atomic E-state index is 10.8. The molecule has 2 aromatic rings. The average molecular weight is 336 g/mol. The van der Waals surface area contributed by atoms with Gasteiger partial charge in [0.25, 0.3) is 0 Å². The van der Waals surface area contributed by atoms with Crippen LogP contribution < -0.4 is 0 Å². The standard InChI is InChI=1S/C16H24N4O4/c1-9(2)22-6-12-14(23-10(3)4)13(21)16(24-12)20-8-19-11-5-17-7-18-15(11)20/h5,7-10,12-14,16,21H,6H2,1-4H3. The summed E-state index contributed by atoms with van der Waals surface area (Å²) in [6, 6.07) is 0. The lowest BCUT2D eigenvalue weighted by Crippen LogP contribution is -2.38. The largest absolute Gasteiger partial charge is 0.386 e. The van der Waals surface area contributed by atoms with Gasteiger partial charge in [-0.05, 0) is 27.7 Å². The second-order valence-corrected chi connectivity index (χ2v) is 6.47. The first kappa shape index (κ1) is 17.2. The summed E-state index contributed by atoms with van der Waals surface area (Å²) in [5.41, 5.74) is 1.26. The number of fused-ring (bicyclic) bond motifs is 1. The lowest BCUT2D eigenvalue weighted by molar-refractivity contribution is -0.0973. The Bertz CT molecular complexity index is 675. The number of hydrogen-bond donors (Lipinski definition) is 1. The van der Waals surface area contributed by atoms with Crippen molar-refractivity contribution >= 4 is 11.2 Å². The average Bonchev–Trinajstić information content (AvgIpc) is 3.08. The van der Waals surface area contributed by atoms with Crippen LogP contribution in [-0.4, -0.2) is 61.8 Å². The van der Waals surface area contributed by atoms with Crippen molar-refractivity contribution < 1.29 is 19.3 Å². The van der Waals surface area contributed by atoms with E-state index in [2.05, 4.69) is 15.0 Å². The van der Waals surface area contributed by atoms with Crippen LogP contribution in [0, 0.1) is 0 Å². The van der Waals surface area contributed by atoms with E-state index in [9.17, 15) is 5.11 Å². The first-order valence-electron chi connectivity index (χ1n) is 8.20. The topological polar surface area (TPSA) is 91.5 Å². The summed E-state index contributed by atoms with van der Waals surface area (Å²) in [5, 5.41) is 10.8. The molecule has 132 valence electrons. The second-order valence-electron chi connectivity index (χ2n) is 6.47. The zero-order valence-corrected chi connectivity index (χ0v) is 14.4. The highest BCUT2D eigenvalue weighted by Crippen LogP contribution is 2.33. The Hall–Kier alpha value is -1.61. The van der Waals surface area contributed by atoms with Crippen LogP contribution >= 0.6 is 0 Å². The molecule has 2 aromatic heterocycles. The van der Waals surface area contributed by atoms with Gasteiger partial charge in [0, 0.05) is 0 Å². The number of imidazole rings is 1. The quantitative estimate of drug-likeness (QED) is 0.850. The van der Waals surface area contributed by atoms with Gasteiger partial charge in [0.05, 0.1) is 31.3 Å². The van der Waals surface area contributed by atoms with Crippen LogP contribution in [-0.2, 0) is 14.2 Å². The van der Waals surface area contributed by atoms with Gasteiger partial charge in [-0.25, -0.2) is 15.0 Å². The Balaban J connectivity index is 1.85. The van der Waals surface area contributed by atoms with Gasteiger partial charge in [0.2, 0.25) is 0 Å². The van der Waals surface area contributed by atoms with Gasteiger partial charge in [0.1, 0.15) is 30.2 Å². The fourth-order valence-corrected chi connectivity index (χ4v) is 2.82. The first-order valence-corrected chi connectivity index (χ1v) is 8.20. The Morgan fingerprint density at radius 2 is 2.04 bits per heavy atom. The van der Waals surface area contributed by atoms with E-state index in [-0.39, 0.29) is 18.3 Å². The molecule has 0 aliphatic carbocycles. The molecule has 1 saturated heterocycles. The Morgan fingerprint density at radius 1 is 1.25 bits per heavy atom. The summed E-state index contributed by atoms with van der Waals surface area (Å²) in [7, 11) is 0. The molecule has 1 aliphatic heterocycles. The molecule has 0 radical (unpaired) electrons. The van der Waals surface area contributed by atoms with Gasteiger partial charge in [0.15, 0.2) is 11.9 Å². The van der Waals surface area contributed by atoms with Crippen LogP contribution in [0.15, 0.2) is 18.9 Å². The van der Waals surface area contributed by atoms with Gasteiger partial charge in [-0.1, -0.05) is 0 Å². The first-order chi connectivity index (χ1) is 11.5. The summed E-state index contributed by atoms with van der Waals surface area (Å²) < 4.78 is 19.3. The van der Waals surface area contributed by atoms with Gasteiger partial charge in [-0.2, -0.15) is 0 Å². The lowest BCUT2D eigenvalue weighted by atomic mass is 10.1. The summed E-state index contributed by atoms with van der Waals surface area (Å²) in [4.78, 5) is 12.4. The fraction of sp³-hybridized carbons (Fsp3) is 0.688. The molecular weight excluding hydrogens is 312 g/mol. The molecule has 24 heavy (non-hydrogen) atoms. The van der Waals surface area contributed by atoms with Crippen molar-refractivity contribution in [3.05, 3.63) is 18.9 Å². The van der Waals surface area contributed by atoms with E-state index in [0.29, 0.717) is 17.8 Å². The predicted octanol–water partition coefficient (Wildman–Crippen LogP) is 1.30. The zero-order valence-electron chi connectivity index (χ0n) is 14.4. The van der Waals surface area contributed by atoms with Crippen LogP contribution in [0.4, 0.5) is 0 Å². The number of hydrogen-bond acceptors (Lipinski definition) is 7. The predicted molar refractivity (Wildman–Crippen MR) is 86.3 cm³/mol. The normalized spacial score (nSPS) is 27.6. The van der Waals surface area contributed by atoms with E-state index in [1.807, 2.05) is 27.7 Å². The molecule has 0 spiro atoms. The molecule has 0 aromatic carbocycles. The summed E-state index contributed by atoms with van der Waals surface area (Å²) in [6.45, 7) is 8.13. The summed E-state index contributed by atoms with van der Waals surface area (Å²) in [5.74, 6) is 0. The van der Waals surface area contributed by atoms with Crippen molar-refractivity contribution in [1.29, 1.82) is 0 Å². The number of rotatable bonds is 6. The minimum absolute atomic E-state index is 0.0320. The van der Waals surface area contributed by atoms with Crippen LogP contribution in [0.3, 0.4) is 0 Å². The molecular formula is C16H24N4O4. The number of aliphatic hydroxyl groups is 1. The van der Waals surface area contributed by atoms with Crippen molar-refractivity contribution in [2.75, 3.05) is 6.61 Å². The molecule has 3 heterocycles. The Kier molecular flexibility index (Phi) is 5.09. The van der Waals surface area contributed by atoms with Gasteiger partial charge >= 0.3 is 0 Å². The molecule has 8 nitrogen and oxygen atoms in total. The van der Waals surface area contributed by atoms with Crippen molar-refractivity contribution in [3.8, 4) is 0 Å². The summed E-state index contributed by atoms with van der Waals surface area (Å²) in [6.07, 6.45) is 2.40. The van der Waals surface area contributed by atoms with Crippen LogP contribution in [0.5, 0.6) is 0 Å². The van der Waals surface area contributed by atoms with E-state index >= 15 is 0 Å². The van der Waals surface area contributed by atoms with Crippen LogP contribution in [0.25, 0.3) is 11.2 Å². The highest BCUT2D eigenvalue weighted by molar-refractivity contribution is 5.68. The maximum atomic E-state index is 10.8. The van der Waals surface area contributed by atoms with E-state index in [1.54, 1.807) is 17.1 Å². The van der Waals surface area contributed by atoms with E-state index in [1.165, 1.54) is 6.33 Å². The molecule has 1 fully saturated rings. The molecule has 4 unspecified atom stereocenters. The van der Waals surface area contributed by atoms with Crippen LogP contribution in [0.2, 0.25) is 0 Å². The SMILES string of the molecule is CC(C)OCC1OC(n2cnc3cncnc32)C(O)C1OC(C)C. The molecule has 0 bridgehead atoms. The molecule has 8 heteroatoms. The van der Waals surface area contributed by atoms with Crippen molar-refractivity contribution in [2.24, 2.45) is 0 Å². The minimum Gasteiger partial charge on any atom is -0.386 e. The zero-order chi connectivity index (χ0) is 17.3. The highest BCUT2D eigenvalue weighted by Gasteiger charge is 2.46. The third-order valence-electron chi connectivity index (χ3n) is 3.85. The summed E-state index contributed by atoms with van der Waals surface area (Å²) >= 11 is 0. The van der Waals surface area contributed by atoms with Crippen LogP contribution in [0.1, 0.15) is 33.9 Å². The molecule has 0 amide bonds. The molecule has 1 N–H and O–H groups in total. The number of aromatic nitrogens is 4. The smallest absolute Gasteiger partial charge is 0.165 e. The second kappa shape index (κ2) is 7.10. The fourth-order valence-electron chi connectivity index (χ4n) is 2.82. The van der Waals surface area contributed by atoms with E-state index < -0.39 is 18.4 Å². The van der Waals surface area contributed by atoms with Crippen molar-refractivity contribution in [1.82, 2.24) is 19.5 Å². The van der Waals surface area contributed by atoms with Crippen molar-refractivity contribution in [2.45, 2.75) is 64.4 Å². The maximum Gasteiger partial charge on any atom is 0.165 e. The van der Waals surface area contributed by atoms with Gasteiger partial charge in [-0.15, -0.1) is 0 Å². The van der Waals surface area contributed by atoms with E-state index in [0.717, 1.165) is 0 Å². The minimum atomic E-state index is -0.847. The molecule has 3 rings (SSSR count). The highest BCUT2D eigenvalue weighted by atomic mass is 16.6. The number of ether oxygens (including phenoxy) is 3. The number of aliphatic hydroxyl groups excluding tert-OH is 1. The van der Waals surface area contributed by atoms with Gasteiger partial charge in [-0.3, -0.25) is 4.57 Å². The van der Waals surface area contributed by atoms with E-state index in [4.69, 9.17) is 14.2 Å². The third kappa shape index (κ3) is 3.41.